The fourth-order valence-electron chi connectivity index (χ4n) is 3.62. The lowest BCUT2D eigenvalue weighted by Gasteiger charge is -2.25. The van der Waals surface area contributed by atoms with Crippen molar-refractivity contribution in [2.24, 2.45) is 0 Å². The molecule has 0 spiro atoms. The Morgan fingerprint density at radius 1 is 1.16 bits per heavy atom. The van der Waals surface area contributed by atoms with Crippen LogP contribution in [0.25, 0.3) is 0 Å². The van der Waals surface area contributed by atoms with E-state index in [1.807, 2.05) is 18.2 Å². The third kappa shape index (κ3) is 4.20. The van der Waals surface area contributed by atoms with Gasteiger partial charge in [-0.15, -0.1) is 0 Å². The van der Waals surface area contributed by atoms with Gasteiger partial charge in [-0.3, -0.25) is 9.59 Å². The first-order chi connectivity index (χ1) is 12.1. The number of nitrogens with one attached hydrogen (secondary N) is 1. The molecular formula is C17H24BN3O4. The van der Waals surface area contributed by atoms with Gasteiger partial charge in [0.05, 0.1) is 12.5 Å². The maximum atomic E-state index is 12.4. The first-order valence-corrected chi connectivity index (χ1v) is 8.79. The standard InChI is InChI=1S/C17H24BN3O4/c22-16(21-9-4-7-15(21)18(24)25)11-19-14-8-10-20(12-14)17(23)13-5-2-1-3-6-13/h1-3,5-6,14-15,19,24-25H,4,7-12H2/t14-,15+/m1/s1. The Kier molecular flexibility index (Phi) is 5.72. The Hall–Kier alpha value is -1.90. The number of hydrogen-bond donors (Lipinski definition) is 3. The van der Waals surface area contributed by atoms with E-state index in [1.54, 1.807) is 21.9 Å². The van der Waals surface area contributed by atoms with Gasteiger partial charge in [-0.05, 0) is 31.4 Å². The number of nitrogens with zero attached hydrogens (tertiary/aromatic N) is 2. The van der Waals surface area contributed by atoms with Crippen molar-refractivity contribution >= 4 is 18.9 Å². The first-order valence-electron chi connectivity index (χ1n) is 8.79. The molecule has 25 heavy (non-hydrogen) atoms. The van der Waals surface area contributed by atoms with Gasteiger partial charge in [-0.25, -0.2) is 0 Å². The molecule has 2 heterocycles. The third-order valence-corrected chi connectivity index (χ3v) is 5.00. The summed E-state index contributed by atoms with van der Waals surface area (Å²) in [7, 11) is -1.49. The minimum absolute atomic E-state index is 0.0132. The molecule has 0 aliphatic carbocycles. The van der Waals surface area contributed by atoms with E-state index in [1.165, 1.54) is 0 Å². The molecule has 3 rings (SSSR count). The van der Waals surface area contributed by atoms with Gasteiger partial charge in [0, 0.05) is 31.2 Å². The van der Waals surface area contributed by atoms with Gasteiger partial charge in [0.2, 0.25) is 5.91 Å². The molecule has 2 aliphatic rings. The number of hydrogen-bond acceptors (Lipinski definition) is 5. The highest BCUT2D eigenvalue weighted by Crippen LogP contribution is 2.18. The average Bonchev–Trinajstić information content (AvgIpc) is 3.29. The summed E-state index contributed by atoms with van der Waals surface area (Å²) in [5.74, 6) is -0.614. The summed E-state index contributed by atoms with van der Waals surface area (Å²) >= 11 is 0. The zero-order chi connectivity index (χ0) is 17.8. The molecular weight excluding hydrogens is 321 g/mol. The molecule has 2 aliphatic heterocycles. The molecule has 0 unspecified atom stereocenters. The van der Waals surface area contributed by atoms with E-state index < -0.39 is 13.1 Å². The molecule has 1 aromatic carbocycles. The van der Waals surface area contributed by atoms with E-state index in [2.05, 4.69) is 5.32 Å². The summed E-state index contributed by atoms with van der Waals surface area (Å²) in [5.41, 5.74) is 0.677. The number of rotatable bonds is 5. The highest BCUT2D eigenvalue weighted by molar-refractivity contribution is 6.43. The van der Waals surface area contributed by atoms with Gasteiger partial charge >= 0.3 is 7.12 Å². The summed E-state index contributed by atoms with van der Waals surface area (Å²) in [6.07, 6.45) is 2.21. The maximum absolute atomic E-state index is 12.4. The van der Waals surface area contributed by atoms with Crippen LogP contribution in [0.1, 0.15) is 29.6 Å². The topological polar surface area (TPSA) is 93.1 Å². The van der Waals surface area contributed by atoms with E-state index in [-0.39, 0.29) is 24.4 Å². The van der Waals surface area contributed by atoms with E-state index in [4.69, 9.17) is 0 Å². The van der Waals surface area contributed by atoms with E-state index >= 15 is 0 Å². The Balaban J connectivity index is 1.47. The monoisotopic (exact) mass is 345 g/mol. The van der Waals surface area contributed by atoms with Crippen molar-refractivity contribution in [2.45, 2.75) is 31.2 Å². The predicted octanol–water partition coefficient (Wildman–Crippen LogP) is -0.506. The maximum Gasteiger partial charge on any atom is 0.475 e. The summed E-state index contributed by atoms with van der Waals surface area (Å²) in [5, 5.41) is 21.9. The van der Waals surface area contributed by atoms with Gasteiger partial charge in [-0.1, -0.05) is 18.2 Å². The molecule has 134 valence electrons. The van der Waals surface area contributed by atoms with Crippen LogP contribution in [0.15, 0.2) is 30.3 Å². The van der Waals surface area contributed by atoms with Crippen molar-refractivity contribution in [1.29, 1.82) is 0 Å². The van der Waals surface area contributed by atoms with Crippen LogP contribution < -0.4 is 5.32 Å². The largest absolute Gasteiger partial charge is 0.475 e. The van der Waals surface area contributed by atoms with Crippen LogP contribution in [0.4, 0.5) is 0 Å². The summed E-state index contributed by atoms with van der Waals surface area (Å²) in [4.78, 5) is 28.1. The van der Waals surface area contributed by atoms with E-state index in [0.717, 1.165) is 12.8 Å². The van der Waals surface area contributed by atoms with Crippen LogP contribution in [0.3, 0.4) is 0 Å². The van der Waals surface area contributed by atoms with E-state index in [0.29, 0.717) is 31.6 Å². The van der Waals surface area contributed by atoms with Gasteiger partial charge < -0.3 is 25.2 Å². The molecule has 3 N–H and O–H groups in total. The van der Waals surface area contributed by atoms with Crippen molar-refractivity contribution in [2.75, 3.05) is 26.2 Å². The molecule has 0 bridgehead atoms. The zero-order valence-electron chi connectivity index (χ0n) is 14.2. The number of carbonyl (C=O) groups excluding carboxylic acids is 2. The second-order valence-corrected chi connectivity index (χ2v) is 6.69. The minimum Gasteiger partial charge on any atom is -0.426 e. The highest BCUT2D eigenvalue weighted by Gasteiger charge is 2.37. The van der Waals surface area contributed by atoms with Gasteiger partial charge in [0.15, 0.2) is 0 Å². The molecule has 8 heteroatoms. The first kappa shape index (κ1) is 17.9. The summed E-state index contributed by atoms with van der Waals surface area (Å²) < 4.78 is 0. The second kappa shape index (κ2) is 7.99. The van der Waals surface area contributed by atoms with Crippen LogP contribution in [0.2, 0.25) is 0 Å². The van der Waals surface area contributed by atoms with Crippen LogP contribution in [-0.2, 0) is 4.79 Å². The smallest absolute Gasteiger partial charge is 0.426 e. The van der Waals surface area contributed by atoms with Gasteiger partial charge in [0.1, 0.15) is 0 Å². The Morgan fingerprint density at radius 3 is 2.64 bits per heavy atom. The normalized spacial score (nSPS) is 23.1. The fraction of sp³-hybridized carbons (Fsp3) is 0.529. The lowest BCUT2D eigenvalue weighted by Crippen LogP contribution is -2.49. The van der Waals surface area contributed by atoms with Crippen LogP contribution in [0.5, 0.6) is 0 Å². The Bertz CT molecular complexity index is 613. The highest BCUT2D eigenvalue weighted by atomic mass is 16.4. The molecule has 0 aromatic heterocycles. The van der Waals surface area contributed by atoms with E-state index in [9.17, 15) is 19.6 Å². The van der Waals surface area contributed by atoms with Gasteiger partial charge in [0.25, 0.3) is 5.91 Å². The molecule has 2 saturated heterocycles. The third-order valence-electron chi connectivity index (χ3n) is 5.00. The quantitative estimate of drug-likeness (QED) is 0.626. The van der Waals surface area contributed by atoms with Crippen molar-refractivity contribution < 1.29 is 19.6 Å². The number of benzene rings is 1. The SMILES string of the molecule is O=C(c1ccccc1)N1CC[C@@H](NCC(=O)N2CCC[C@H]2B(O)O)C1. The van der Waals surface area contributed by atoms with Gasteiger partial charge in [-0.2, -0.15) is 0 Å². The molecule has 7 nitrogen and oxygen atoms in total. The Morgan fingerprint density at radius 2 is 1.92 bits per heavy atom. The van der Waals surface area contributed by atoms with Crippen molar-refractivity contribution in [1.82, 2.24) is 15.1 Å². The summed E-state index contributed by atoms with van der Waals surface area (Å²) in [6.45, 7) is 1.96. The predicted molar refractivity (Wildman–Crippen MR) is 93.7 cm³/mol. The molecule has 2 amide bonds. The lowest BCUT2D eigenvalue weighted by atomic mass is 9.78. The number of likely N-dealkylation sites (tertiary alicyclic amines) is 2. The number of amides is 2. The zero-order valence-corrected chi connectivity index (χ0v) is 14.2. The molecule has 0 radical (unpaired) electrons. The van der Waals surface area contributed by atoms with Crippen LogP contribution in [0, 0.1) is 0 Å². The second-order valence-electron chi connectivity index (χ2n) is 6.69. The fourth-order valence-corrected chi connectivity index (χ4v) is 3.62. The average molecular weight is 345 g/mol. The molecule has 1 aromatic rings. The molecule has 2 atom stereocenters. The summed E-state index contributed by atoms with van der Waals surface area (Å²) in [6, 6.07) is 9.27. The van der Waals surface area contributed by atoms with Crippen molar-refractivity contribution in [3.8, 4) is 0 Å². The van der Waals surface area contributed by atoms with Crippen molar-refractivity contribution in [3.05, 3.63) is 35.9 Å². The Labute approximate surface area is 147 Å². The number of carbonyl (C=O) groups is 2. The van der Waals surface area contributed by atoms with Crippen molar-refractivity contribution in [3.63, 3.8) is 0 Å². The van der Waals surface area contributed by atoms with Crippen LogP contribution in [-0.4, -0.2) is 76.9 Å². The molecule has 0 saturated carbocycles. The lowest BCUT2D eigenvalue weighted by molar-refractivity contribution is -0.130. The molecule has 2 fully saturated rings. The minimum atomic E-state index is -1.49. The van der Waals surface area contributed by atoms with Crippen LogP contribution >= 0.6 is 0 Å².